The summed E-state index contributed by atoms with van der Waals surface area (Å²) in [4.78, 5) is 39.7. The van der Waals surface area contributed by atoms with Crippen molar-refractivity contribution in [2.75, 3.05) is 0 Å². The molecule has 2 amide bonds. The van der Waals surface area contributed by atoms with Crippen LogP contribution < -0.4 is 5.32 Å². The Morgan fingerprint density at radius 3 is 2.58 bits per heavy atom. The van der Waals surface area contributed by atoms with Crippen molar-refractivity contribution < 1.29 is 23.5 Å². The normalized spacial score (nSPS) is 15.1. The number of ether oxygens (including phenoxy) is 1. The van der Waals surface area contributed by atoms with Crippen LogP contribution in [0.5, 0.6) is 0 Å². The van der Waals surface area contributed by atoms with Gasteiger partial charge in [-0.05, 0) is 58.5 Å². The number of aromatic nitrogens is 4. The van der Waals surface area contributed by atoms with Crippen LogP contribution in [-0.2, 0) is 20.9 Å². The molecule has 2 atom stereocenters. The number of halogens is 2. The zero-order valence-corrected chi connectivity index (χ0v) is 21.5. The van der Waals surface area contributed by atoms with E-state index in [0.717, 1.165) is 17.1 Å². The van der Waals surface area contributed by atoms with Gasteiger partial charge in [0, 0.05) is 29.8 Å². The SMILES string of the molecule is O=C(O[C@@H](C(=O)N1N=CC[C@H]1C(=O)NCc1cc(Cl)ccc1-n1cnnn1)c1ccc(F)cc1)c1ccccc1. The zero-order chi connectivity index (χ0) is 28.1. The van der Waals surface area contributed by atoms with Crippen LogP contribution in [0.15, 0.2) is 84.2 Å². The van der Waals surface area contributed by atoms with E-state index in [1.165, 1.54) is 41.5 Å². The highest BCUT2D eigenvalue weighted by molar-refractivity contribution is 6.30. The number of tetrazole rings is 1. The third-order valence-corrected chi connectivity index (χ3v) is 6.32. The molecule has 202 valence electrons. The minimum absolute atomic E-state index is 0.0531. The average Bonchev–Trinajstić information content (AvgIpc) is 3.68. The Balaban J connectivity index is 1.34. The van der Waals surface area contributed by atoms with Crippen LogP contribution in [0.25, 0.3) is 5.69 Å². The van der Waals surface area contributed by atoms with Gasteiger partial charge in [-0.2, -0.15) is 5.10 Å². The molecule has 40 heavy (non-hydrogen) atoms. The van der Waals surface area contributed by atoms with Crippen molar-refractivity contribution in [3.05, 3.63) is 107 Å². The van der Waals surface area contributed by atoms with E-state index in [1.807, 2.05) is 0 Å². The maximum atomic E-state index is 13.7. The van der Waals surface area contributed by atoms with Gasteiger partial charge in [0.25, 0.3) is 5.91 Å². The van der Waals surface area contributed by atoms with Gasteiger partial charge in [-0.25, -0.2) is 18.9 Å². The maximum absolute atomic E-state index is 13.7. The van der Waals surface area contributed by atoms with Crippen molar-refractivity contribution in [3.63, 3.8) is 0 Å². The van der Waals surface area contributed by atoms with E-state index in [2.05, 4.69) is 25.9 Å². The molecule has 0 spiro atoms. The third kappa shape index (κ3) is 5.86. The molecule has 1 aromatic heterocycles. The number of carbonyl (C=O) groups excluding carboxylic acids is 3. The number of rotatable bonds is 8. The molecule has 0 radical (unpaired) electrons. The van der Waals surface area contributed by atoms with E-state index in [4.69, 9.17) is 16.3 Å². The van der Waals surface area contributed by atoms with Gasteiger partial charge in [-0.3, -0.25) is 9.59 Å². The molecule has 2 heterocycles. The van der Waals surface area contributed by atoms with E-state index >= 15 is 0 Å². The van der Waals surface area contributed by atoms with Gasteiger partial charge in [0.05, 0.1) is 11.3 Å². The smallest absolute Gasteiger partial charge is 0.339 e. The van der Waals surface area contributed by atoms with Crippen LogP contribution in [0, 0.1) is 5.82 Å². The van der Waals surface area contributed by atoms with E-state index in [0.29, 0.717) is 16.3 Å². The standard InChI is InChI=1S/C27H21ClFN7O4/c28-20-8-11-22(35-16-31-33-34-35)19(14-20)15-30-25(37)23-12-13-32-36(23)26(38)24(17-6-9-21(29)10-7-17)40-27(39)18-4-2-1-3-5-18/h1-11,13-14,16,23-24H,12,15H2,(H,30,37)/t23-,24+/m0/s1. The second-order valence-corrected chi connectivity index (χ2v) is 9.12. The Labute approximate surface area is 232 Å². The van der Waals surface area contributed by atoms with Gasteiger partial charge in [-0.1, -0.05) is 41.9 Å². The summed E-state index contributed by atoms with van der Waals surface area (Å²) in [6.45, 7) is 0.0531. The van der Waals surface area contributed by atoms with Gasteiger partial charge in [0.15, 0.2) is 0 Å². The van der Waals surface area contributed by atoms with Crippen molar-refractivity contribution in [1.82, 2.24) is 30.5 Å². The lowest BCUT2D eigenvalue weighted by Gasteiger charge is -2.26. The van der Waals surface area contributed by atoms with Crippen molar-refractivity contribution >= 4 is 35.6 Å². The van der Waals surface area contributed by atoms with Crippen LogP contribution in [0.1, 0.15) is 34.0 Å². The van der Waals surface area contributed by atoms with Crippen molar-refractivity contribution in [1.29, 1.82) is 0 Å². The van der Waals surface area contributed by atoms with E-state index in [-0.39, 0.29) is 24.1 Å². The highest BCUT2D eigenvalue weighted by Gasteiger charge is 2.39. The fraction of sp³-hybridized carbons (Fsp3) is 0.148. The topological polar surface area (TPSA) is 132 Å². The first kappa shape index (κ1) is 26.6. The van der Waals surface area contributed by atoms with Crippen LogP contribution >= 0.6 is 11.6 Å². The number of hydrazone groups is 1. The molecule has 0 saturated heterocycles. The molecule has 0 saturated carbocycles. The highest BCUT2D eigenvalue weighted by atomic mass is 35.5. The average molecular weight is 562 g/mol. The van der Waals surface area contributed by atoms with Gasteiger partial charge in [0.1, 0.15) is 18.2 Å². The summed E-state index contributed by atoms with van der Waals surface area (Å²) in [5.41, 5.74) is 1.68. The molecular weight excluding hydrogens is 541 g/mol. The first-order valence-electron chi connectivity index (χ1n) is 12.1. The van der Waals surface area contributed by atoms with E-state index in [1.54, 1.807) is 36.4 Å². The summed E-state index contributed by atoms with van der Waals surface area (Å²) in [7, 11) is 0. The molecular formula is C27H21ClFN7O4. The summed E-state index contributed by atoms with van der Waals surface area (Å²) >= 11 is 6.16. The lowest BCUT2D eigenvalue weighted by Crippen LogP contribution is -2.46. The van der Waals surface area contributed by atoms with Crippen LogP contribution in [-0.4, -0.2) is 55.3 Å². The number of hydrogen-bond acceptors (Lipinski definition) is 8. The van der Waals surface area contributed by atoms with Crippen molar-refractivity contribution in [2.24, 2.45) is 5.10 Å². The van der Waals surface area contributed by atoms with Gasteiger partial charge >= 0.3 is 5.97 Å². The Morgan fingerprint density at radius 1 is 1.07 bits per heavy atom. The van der Waals surface area contributed by atoms with Crippen molar-refractivity contribution in [3.8, 4) is 5.69 Å². The van der Waals surface area contributed by atoms with Gasteiger partial charge < -0.3 is 10.1 Å². The molecule has 4 aromatic rings. The molecule has 11 nitrogen and oxygen atoms in total. The fourth-order valence-corrected chi connectivity index (χ4v) is 4.30. The number of hydrogen-bond donors (Lipinski definition) is 1. The van der Waals surface area contributed by atoms with Gasteiger partial charge in [0.2, 0.25) is 12.0 Å². The monoisotopic (exact) mass is 561 g/mol. The fourth-order valence-electron chi connectivity index (χ4n) is 4.10. The Bertz CT molecular complexity index is 1550. The molecule has 0 fully saturated rings. The lowest BCUT2D eigenvalue weighted by atomic mass is 10.1. The molecule has 1 aliphatic rings. The number of nitrogens with zero attached hydrogens (tertiary/aromatic N) is 6. The Morgan fingerprint density at radius 2 is 1.85 bits per heavy atom. The summed E-state index contributed by atoms with van der Waals surface area (Å²) in [5.74, 6) is -2.55. The molecule has 1 aliphatic heterocycles. The second-order valence-electron chi connectivity index (χ2n) is 8.68. The molecule has 5 rings (SSSR count). The molecule has 0 aliphatic carbocycles. The predicted molar refractivity (Wildman–Crippen MR) is 141 cm³/mol. The molecule has 3 aromatic carbocycles. The van der Waals surface area contributed by atoms with Crippen LogP contribution in [0.2, 0.25) is 5.02 Å². The summed E-state index contributed by atoms with van der Waals surface area (Å²) < 4.78 is 20.6. The largest absolute Gasteiger partial charge is 0.444 e. The molecule has 1 N–H and O–H groups in total. The quantitative estimate of drug-likeness (QED) is 0.327. The molecule has 13 heteroatoms. The van der Waals surface area contributed by atoms with Crippen LogP contribution in [0.3, 0.4) is 0 Å². The van der Waals surface area contributed by atoms with Crippen molar-refractivity contribution in [2.45, 2.75) is 25.1 Å². The first-order chi connectivity index (χ1) is 19.4. The number of esters is 1. The lowest BCUT2D eigenvalue weighted by molar-refractivity contribution is -0.147. The molecule has 0 unspecified atom stereocenters. The number of amides is 2. The number of nitrogens with one attached hydrogen (secondary N) is 1. The number of carbonyl (C=O) groups is 3. The highest BCUT2D eigenvalue weighted by Crippen LogP contribution is 2.26. The van der Waals surface area contributed by atoms with Gasteiger partial charge in [-0.15, -0.1) is 5.10 Å². The second kappa shape index (κ2) is 11.8. The minimum Gasteiger partial charge on any atom is -0.444 e. The Kier molecular flexibility index (Phi) is 7.87. The Hall–Kier alpha value is -4.97. The summed E-state index contributed by atoms with van der Waals surface area (Å²) in [6.07, 6.45) is 1.49. The zero-order valence-electron chi connectivity index (χ0n) is 20.7. The molecule has 0 bridgehead atoms. The maximum Gasteiger partial charge on any atom is 0.339 e. The van der Waals surface area contributed by atoms with Crippen LogP contribution in [0.4, 0.5) is 4.39 Å². The predicted octanol–water partition coefficient (Wildman–Crippen LogP) is 3.26. The summed E-state index contributed by atoms with van der Waals surface area (Å²) in [5, 5.41) is 19.4. The minimum atomic E-state index is -1.47. The summed E-state index contributed by atoms with van der Waals surface area (Å²) in [6, 6.07) is 17.1. The number of benzene rings is 3. The van der Waals surface area contributed by atoms with E-state index < -0.39 is 35.7 Å². The third-order valence-electron chi connectivity index (χ3n) is 6.08. The van der Waals surface area contributed by atoms with E-state index in [9.17, 15) is 18.8 Å². The first-order valence-corrected chi connectivity index (χ1v) is 12.4.